The summed E-state index contributed by atoms with van der Waals surface area (Å²) in [7, 11) is 0. The zero-order valence-electron chi connectivity index (χ0n) is 7.61. The maximum absolute atomic E-state index is 10.4. The number of hydrogen-bond acceptors (Lipinski definition) is 5. The number of hydrogen-bond donors (Lipinski definition) is 1. The Morgan fingerprint density at radius 1 is 1.40 bits per heavy atom. The molecule has 0 bridgehead atoms. The lowest BCUT2D eigenvalue weighted by Gasteiger charge is -1.91. The van der Waals surface area contributed by atoms with Crippen LogP contribution in [0.25, 0.3) is 11.4 Å². The summed E-state index contributed by atoms with van der Waals surface area (Å²) in [6.07, 6.45) is 3.21. The van der Waals surface area contributed by atoms with Gasteiger partial charge in [0.15, 0.2) is 6.54 Å². The summed E-state index contributed by atoms with van der Waals surface area (Å²) >= 11 is 0. The molecule has 0 unspecified atom stereocenters. The van der Waals surface area contributed by atoms with E-state index in [0.29, 0.717) is 5.82 Å². The number of pyridine rings is 1. The Balaban J connectivity index is 2.24. The molecule has 15 heavy (non-hydrogen) atoms. The molecule has 0 radical (unpaired) electrons. The lowest BCUT2D eigenvalue weighted by molar-refractivity contribution is -0.138. The summed E-state index contributed by atoms with van der Waals surface area (Å²) in [4.78, 5) is 15.3. The lowest BCUT2D eigenvalue weighted by atomic mass is 10.3. The SMILES string of the molecule is O=C(O)Cn1nnc(-c2ccncc2)n1. The highest BCUT2D eigenvalue weighted by Crippen LogP contribution is 2.10. The van der Waals surface area contributed by atoms with Crippen molar-refractivity contribution in [2.75, 3.05) is 0 Å². The summed E-state index contributed by atoms with van der Waals surface area (Å²) in [5, 5.41) is 19.8. The molecule has 1 N–H and O–H groups in total. The average Bonchev–Trinajstić information content (AvgIpc) is 2.67. The molecule has 0 atom stereocenters. The van der Waals surface area contributed by atoms with E-state index < -0.39 is 5.97 Å². The molecule has 7 nitrogen and oxygen atoms in total. The second-order valence-electron chi connectivity index (χ2n) is 2.77. The Morgan fingerprint density at radius 2 is 2.13 bits per heavy atom. The fourth-order valence-electron chi connectivity index (χ4n) is 1.05. The minimum atomic E-state index is -1.01. The molecule has 76 valence electrons. The fourth-order valence-corrected chi connectivity index (χ4v) is 1.05. The number of tetrazole rings is 1. The smallest absolute Gasteiger partial charge is 0.327 e. The first-order valence-corrected chi connectivity index (χ1v) is 4.16. The zero-order valence-corrected chi connectivity index (χ0v) is 7.61. The van der Waals surface area contributed by atoms with Crippen LogP contribution in [-0.2, 0) is 11.3 Å². The van der Waals surface area contributed by atoms with Crippen LogP contribution in [0.2, 0.25) is 0 Å². The molecule has 2 aromatic rings. The van der Waals surface area contributed by atoms with Crippen molar-refractivity contribution in [3.05, 3.63) is 24.5 Å². The first-order valence-electron chi connectivity index (χ1n) is 4.16. The van der Waals surface area contributed by atoms with Gasteiger partial charge < -0.3 is 5.11 Å². The van der Waals surface area contributed by atoms with Crippen LogP contribution in [0.1, 0.15) is 0 Å². The predicted octanol–water partition coefficient (Wildman–Crippen LogP) is -0.180. The number of rotatable bonds is 3. The van der Waals surface area contributed by atoms with E-state index in [1.165, 1.54) is 0 Å². The first-order chi connectivity index (χ1) is 7.25. The predicted molar refractivity (Wildman–Crippen MR) is 48.7 cm³/mol. The molecule has 2 rings (SSSR count). The molecule has 0 aliphatic heterocycles. The van der Waals surface area contributed by atoms with Crippen LogP contribution >= 0.6 is 0 Å². The number of carboxylic acids is 1. The zero-order chi connectivity index (χ0) is 10.7. The largest absolute Gasteiger partial charge is 0.480 e. The Hall–Kier alpha value is -2.31. The molecule has 0 saturated carbocycles. The first kappa shape index (κ1) is 9.25. The van der Waals surface area contributed by atoms with Crippen molar-refractivity contribution >= 4 is 5.97 Å². The van der Waals surface area contributed by atoms with Crippen LogP contribution < -0.4 is 0 Å². The van der Waals surface area contributed by atoms with Gasteiger partial charge in [-0.15, -0.1) is 10.2 Å². The van der Waals surface area contributed by atoms with Crippen molar-refractivity contribution in [1.29, 1.82) is 0 Å². The van der Waals surface area contributed by atoms with Crippen molar-refractivity contribution in [3.63, 3.8) is 0 Å². The number of nitrogens with zero attached hydrogens (tertiary/aromatic N) is 5. The molecule has 0 aromatic carbocycles. The van der Waals surface area contributed by atoms with Gasteiger partial charge in [-0.2, -0.15) is 4.80 Å². The van der Waals surface area contributed by atoms with E-state index in [1.807, 2.05) is 0 Å². The molecule has 0 fully saturated rings. The van der Waals surface area contributed by atoms with Gasteiger partial charge >= 0.3 is 5.97 Å². The van der Waals surface area contributed by atoms with E-state index in [0.717, 1.165) is 10.4 Å². The van der Waals surface area contributed by atoms with Gasteiger partial charge in [-0.05, 0) is 17.3 Å². The van der Waals surface area contributed by atoms with Crippen molar-refractivity contribution in [3.8, 4) is 11.4 Å². The fraction of sp³-hybridized carbons (Fsp3) is 0.125. The minimum Gasteiger partial charge on any atom is -0.480 e. The number of carbonyl (C=O) groups is 1. The van der Waals surface area contributed by atoms with Crippen LogP contribution in [0.5, 0.6) is 0 Å². The lowest BCUT2D eigenvalue weighted by Crippen LogP contribution is -2.11. The van der Waals surface area contributed by atoms with Crippen molar-refractivity contribution in [2.45, 2.75) is 6.54 Å². The number of aromatic nitrogens is 5. The second-order valence-corrected chi connectivity index (χ2v) is 2.77. The third kappa shape index (κ3) is 2.13. The summed E-state index contributed by atoms with van der Waals surface area (Å²) in [5.41, 5.74) is 0.752. The highest BCUT2D eigenvalue weighted by atomic mass is 16.4. The van der Waals surface area contributed by atoms with Crippen molar-refractivity contribution in [2.24, 2.45) is 0 Å². The van der Waals surface area contributed by atoms with E-state index in [9.17, 15) is 4.79 Å². The Bertz CT molecular complexity index is 467. The molecular weight excluding hydrogens is 198 g/mol. The molecule has 0 saturated heterocycles. The third-order valence-corrected chi connectivity index (χ3v) is 1.67. The van der Waals surface area contributed by atoms with Gasteiger partial charge in [0.2, 0.25) is 5.82 Å². The molecular formula is C8H7N5O2. The van der Waals surface area contributed by atoms with E-state index in [-0.39, 0.29) is 6.54 Å². The summed E-state index contributed by atoms with van der Waals surface area (Å²) in [6.45, 7) is -0.294. The highest BCUT2D eigenvalue weighted by molar-refractivity contribution is 5.66. The Kier molecular flexibility index (Phi) is 2.36. The summed E-state index contributed by atoms with van der Waals surface area (Å²) in [6, 6.07) is 3.45. The maximum atomic E-state index is 10.4. The van der Waals surface area contributed by atoms with Crippen LogP contribution in [-0.4, -0.2) is 36.3 Å². The summed E-state index contributed by atoms with van der Waals surface area (Å²) in [5.74, 6) is -0.618. The second kappa shape index (κ2) is 3.82. The van der Waals surface area contributed by atoms with Crippen molar-refractivity contribution in [1.82, 2.24) is 25.2 Å². The van der Waals surface area contributed by atoms with E-state index in [2.05, 4.69) is 20.4 Å². The molecule has 7 heteroatoms. The average molecular weight is 205 g/mol. The minimum absolute atomic E-state index is 0.294. The molecule has 0 spiro atoms. The van der Waals surface area contributed by atoms with Crippen LogP contribution in [0.15, 0.2) is 24.5 Å². The number of aliphatic carboxylic acids is 1. The van der Waals surface area contributed by atoms with Gasteiger partial charge in [0, 0.05) is 18.0 Å². The highest BCUT2D eigenvalue weighted by Gasteiger charge is 2.07. The van der Waals surface area contributed by atoms with Gasteiger partial charge in [0.25, 0.3) is 0 Å². The third-order valence-electron chi connectivity index (χ3n) is 1.67. The Morgan fingerprint density at radius 3 is 2.80 bits per heavy atom. The topological polar surface area (TPSA) is 93.8 Å². The van der Waals surface area contributed by atoms with Gasteiger partial charge in [-0.1, -0.05) is 0 Å². The standard InChI is InChI=1S/C8H7N5O2/c14-7(15)5-13-11-8(10-12-13)6-1-3-9-4-2-6/h1-4H,5H2,(H,14,15). The van der Waals surface area contributed by atoms with Crippen molar-refractivity contribution < 1.29 is 9.90 Å². The van der Waals surface area contributed by atoms with E-state index in [4.69, 9.17) is 5.11 Å². The van der Waals surface area contributed by atoms with E-state index >= 15 is 0 Å². The molecule has 0 amide bonds. The van der Waals surface area contributed by atoms with Gasteiger partial charge in [0.05, 0.1) is 0 Å². The molecule has 0 aliphatic rings. The molecule has 2 aromatic heterocycles. The quantitative estimate of drug-likeness (QED) is 0.746. The summed E-state index contributed by atoms with van der Waals surface area (Å²) < 4.78 is 0. The van der Waals surface area contributed by atoms with Crippen LogP contribution in [0.4, 0.5) is 0 Å². The normalized spacial score (nSPS) is 10.1. The molecule has 0 aliphatic carbocycles. The van der Waals surface area contributed by atoms with Crippen LogP contribution in [0.3, 0.4) is 0 Å². The van der Waals surface area contributed by atoms with Crippen LogP contribution in [0, 0.1) is 0 Å². The maximum Gasteiger partial charge on any atom is 0.327 e. The Labute approximate surface area is 84.4 Å². The van der Waals surface area contributed by atoms with Gasteiger partial charge in [0.1, 0.15) is 0 Å². The van der Waals surface area contributed by atoms with E-state index in [1.54, 1.807) is 24.5 Å². The van der Waals surface area contributed by atoms with Gasteiger partial charge in [-0.3, -0.25) is 9.78 Å². The number of carboxylic acid groups (broad SMARTS) is 1. The monoisotopic (exact) mass is 205 g/mol. The molecule has 2 heterocycles. The van der Waals surface area contributed by atoms with Gasteiger partial charge in [-0.25, -0.2) is 0 Å².